The van der Waals surface area contributed by atoms with Crippen molar-refractivity contribution >= 4 is 19.8 Å². The second kappa shape index (κ2) is 31.7. The Morgan fingerprint density at radius 3 is 1.60 bits per heavy atom. The number of hydrogen-bond donors (Lipinski definition) is 0. The Kier molecular flexibility index (Phi) is 30.9. The summed E-state index contributed by atoms with van der Waals surface area (Å²) in [6.45, 7) is 4.17. The van der Waals surface area contributed by atoms with Gasteiger partial charge in [-0.25, -0.2) is 0 Å². The average Bonchev–Trinajstić information content (AvgIpc) is 3.02. The molecule has 2 atom stereocenters. The van der Waals surface area contributed by atoms with Gasteiger partial charge in [0.15, 0.2) is 6.10 Å². The maximum absolute atomic E-state index is 12.6. The third-order valence-electron chi connectivity index (χ3n) is 8.29. The quantitative estimate of drug-likeness (QED) is 0.0211. The van der Waals surface area contributed by atoms with E-state index < -0.39 is 32.5 Å². The number of carbonyl (C=O) groups is 2. The predicted octanol–water partition coefficient (Wildman–Crippen LogP) is 9.61. The molecule has 0 rings (SSSR count). The largest absolute Gasteiger partial charge is 0.756 e. The van der Waals surface area contributed by atoms with Crippen LogP contribution in [0.15, 0.2) is 12.2 Å². The summed E-state index contributed by atoms with van der Waals surface area (Å²) in [6, 6.07) is 0. The molecule has 10 heteroatoms. The van der Waals surface area contributed by atoms with E-state index in [-0.39, 0.29) is 26.1 Å². The first kappa shape index (κ1) is 46.8. The first-order valence-corrected chi connectivity index (χ1v) is 20.9. The molecule has 48 heavy (non-hydrogen) atoms. The minimum atomic E-state index is -4.61. The maximum Gasteiger partial charge on any atom is 0.306 e. The molecule has 0 aliphatic carbocycles. The molecule has 0 aromatic rings. The number of ether oxygens (including phenoxy) is 2. The van der Waals surface area contributed by atoms with Crippen LogP contribution in [0.5, 0.6) is 0 Å². The molecule has 284 valence electrons. The molecule has 9 nitrogen and oxygen atoms in total. The van der Waals surface area contributed by atoms with Gasteiger partial charge in [0.25, 0.3) is 7.82 Å². The minimum Gasteiger partial charge on any atom is -0.756 e. The van der Waals surface area contributed by atoms with Gasteiger partial charge in [-0.1, -0.05) is 135 Å². The zero-order valence-electron chi connectivity index (χ0n) is 31.7. The van der Waals surface area contributed by atoms with E-state index in [1.54, 1.807) is 0 Å². The van der Waals surface area contributed by atoms with Crippen LogP contribution in [0.3, 0.4) is 0 Å². The lowest BCUT2D eigenvalue weighted by atomic mass is 10.0. The zero-order chi connectivity index (χ0) is 35.8. The van der Waals surface area contributed by atoms with Gasteiger partial charge in [0, 0.05) is 12.8 Å². The highest BCUT2D eigenvalue weighted by atomic mass is 31.2. The summed E-state index contributed by atoms with van der Waals surface area (Å²) in [7, 11) is 1.17. The monoisotopic (exact) mass is 704 g/mol. The topological polar surface area (TPSA) is 111 Å². The summed E-state index contributed by atoms with van der Waals surface area (Å²) in [4.78, 5) is 37.3. The summed E-state index contributed by atoms with van der Waals surface area (Å²) in [5.41, 5.74) is 0. The minimum absolute atomic E-state index is 0.0293. The third kappa shape index (κ3) is 34.6. The van der Waals surface area contributed by atoms with Gasteiger partial charge in [-0.15, -0.1) is 0 Å². The van der Waals surface area contributed by atoms with Crippen LogP contribution in [0, 0.1) is 0 Å². The van der Waals surface area contributed by atoms with E-state index in [0.29, 0.717) is 17.4 Å². The van der Waals surface area contributed by atoms with Gasteiger partial charge in [-0.2, -0.15) is 0 Å². The molecular weight excluding hydrogens is 629 g/mol. The van der Waals surface area contributed by atoms with Crippen molar-refractivity contribution in [2.24, 2.45) is 0 Å². The SMILES string of the molecule is CCCC/C=C\CCCCCCCC(=O)OC[C@H](COP(=O)([O-])OCC[N+](C)(C)C)OC(=O)CCCCCCCCCCCCCCC. The summed E-state index contributed by atoms with van der Waals surface area (Å²) < 4.78 is 33.7. The molecule has 0 heterocycles. The molecule has 0 aliphatic heterocycles. The Morgan fingerprint density at radius 2 is 1.08 bits per heavy atom. The second-order valence-electron chi connectivity index (χ2n) is 14.3. The van der Waals surface area contributed by atoms with Crippen molar-refractivity contribution in [3.8, 4) is 0 Å². The van der Waals surface area contributed by atoms with Crippen LogP contribution in [0.1, 0.15) is 168 Å². The Morgan fingerprint density at radius 1 is 0.625 bits per heavy atom. The standard InChI is InChI=1S/C38H74NO8P/c1-6-8-10-12-14-16-18-19-21-23-25-27-29-31-38(41)47-36(35-46-48(42,43)45-33-32-39(3,4)5)34-44-37(40)30-28-26-24-22-20-17-15-13-11-9-7-2/h13,15,36H,6-12,14,16-35H2,1-5H3/b15-13-/t36-/m1/s1. The predicted molar refractivity (Wildman–Crippen MR) is 195 cm³/mol. The van der Waals surface area contributed by atoms with Gasteiger partial charge in [-0.05, 0) is 32.1 Å². The number of likely N-dealkylation sites (N-methyl/N-ethyl adjacent to an activating group) is 1. The van der Waals surface area contributed by atoms with Crippen molar-refractivity contribution in [2.75, 3.05) is 47.5 Å². The molecule has 0 fully saturated rings. The third-order valence-corrected chi connectivity index (χ3v) is 9.25. The fourth-order valence-corrected chi connectivity index (χ4v) is 5.89. The number of carbonyl (C=O) groups excluding carboxylic acids is 2. The van der Waals surface area contributed by atoms with E-state index in [2.05, 4.69) is 26.0 Å². The lowest BCUT2D eigenvalue weighted by Gasteiger charge is -2.28. The molecule has 0 amide bonds. The number of phosphoric acid groups is 1. The Labute approximate surface area is 295 Å². The molecule has 0 aromatic carbocycles. The molecule has 0 aliphatic rings. The normalized spacial score (nSPS) is 13.9. The molecule has 1 unspecified atom stereocenters. The molecule has 0 bridgehead atoms. The lowest BCUT2D eigenvalue weighted by Crippen LogP contribution is -2.37. The molecular formula is C38H74NO8P. The number of rotatable bonds is 35. The van der Waals surface area contributed by atoms with Gasteiger partial charge in [-0.3, -0.25) is 14.2 Å². The number of nitrogens with zero attached hydrogens (tertiary/aromatic N) is 1. The summed E-state index contributed by atoms with van der Waals surface area (Å²) in [6.07, 6.45) is 29.5. The van der Waals surface area contributed by atoms with Gasteiger partial charge >= 0.3 is 11.9 Å². The van der Waals surface area contributed by atoms with Gasteiger partial charge < -0.3 is 27.9 Å². The van der Waals surface area contributed by atoms with Crippen LogP contribution >= 0.6 is 7.82 Å². The average molecular weight is 704 g/mol. The Hall–Kier alpha value is -1.25. The Bertz CT molecular complexity index is 845. The Balaban J connectivity index is 4.43. The second-order valence-corrected chi connectivity index (χ2v) is 15.7. The number of allylic oxidation sites excluding steroid dienone is 2. The lowest BCUT2D eigenvalue weighted by molar-refractivity contribution is -0.870. The van der Waals surface area contributed by atoms with Crippen LogP contribution in [0.2, 0.25) is 0 Å². The van der Waals surface area contributed by atoms with Gasteiger partial charge in [0.1, 0.15) is 19.8 Å². The molecule has 0 saturated carbocycles. The molecule has 0 radical (unpaired) electrons. The van der Waals surface area contributed by atoms with Crippen molar-refractivity contribution < 1.29 is 42.1 Å². The van der Waals surface area contributed by atoms with Crippen LogP contribution in [0.25, 0.3) is 0 Å². The van der Waals surface area contributed by atoms with E-state index in [4.69, 9.17) is 18.5 Å². The molecule has 0 aromatic heterocycles. The zero-order valence-corrected chi connectivity index (χ0v) is 32.6. The molecule has 0 N–H and O–H groups in total. The number of hydrogen-bond acceptors (Lipinski definition) is 8. The summed E-state index contributed by atoms with van der Waals surface area (Å²) in [5, 5.41) is 0. The summed E-state index contributed by atoms with van der Waals surface area (Å²) in [5.74, 6) is -0.842. The number of unbranched alkanes of at least 4 members (excludes halogenated alkanes) is 19. The van der Waals surface area contributed by atoms with Crippen LogP contribution in [-0.2, 0) is 32.7 Å². The fraction of sp³-hybridized carbons (Fsp3) is 0.895. The van der Waals surface area contributed by atoms with Crippen LogP contribution in [-0.4, -0.2) is 70.0 Å². The van der Waals surface area contributed by atoms with E-state index in [0.717, 1.165) is 57.8 Å². The van der Waals surface area contributed by atoms with E-state index in [1.165, 1.54) is 77.0 Å². The highest BCUT2D eigenvalue weighted by Crippen LogP contribution is 2.38. The van der Waals surface area contributed by atoms with Gasteiger partial charge in [0.05, 0.1) is 27.7 Å². The van der Waals surface area contributed by atoms with Crippen LogP contribution in [0.4, 0.5) is 0 Å². The van der Waals surface area contributed by atoms with Crippen molar-refractivity contribution in [3.05, 3.63) is 12.2 Å². The van der Waals surface area contributed by atoms with E-state index in [1.807, 2.05) is 21.1 Å². The molecule has 0 saturated heterocycles. The van der Waals surface area contributed by atoms with Crippen molar-refractivity contribution in [2.45, 2.75) is 174 Å². The molecule has 0 spiro atoms. The van der Waals surface area contributed by atoms with Crippen LogP contribution < -0.4 is 4.89 Å². The van der Waals surface area contributed by atoms with E-state index >= 15 is 0 Å². The highest BCUT2D eigenvalue weighted by Gasteiger charge is 2.21. The first-order valence-electron chi connectivity index (χ1n) is 19.4. The number of phosphoric ester groups is 1. The smallest absolute Gasteiger partial charge is 0.306 e. The fourth-order valence-electron chi connectivity index (χ4n) is 5.16. The number of esters is 2. The maximum atomic E-state index is 12.6. The van der Waals surface area contributed by atoms with E-state index in [9.17, 15) is 19.0 Å². The van der Waals surface area contributed by atoms with Crippen molar-refractivity contribution in [1.29, 1.82) is 0 Å². The first-order chi connectivity index (χ1) is 23.0. The van der Waals surface area contributed by atoms with Crippen molar-refractivity contribution in [1.82, 2.24) is 0 Å². The highest BCUT2D eigenvalue weighted by molar-refractivity contribution is 7.45. The van der Waals surface area contributed by atoms with Crippen molar-refractivity contribution in [3.63, 3.8) is 0 Å². The van der Waals surface area contributed by atoms with Gasteiger partial charge in [0.2, 0.25) is 0 Å². The summed E-state index contributed by atoms with van der Waals surface area (Å²) >= 11 is 0. The number of quaternary nitrogens is 1.